The molecular formula is C13H23N5O. The van der Waals surface area contributed by atoms with Crippen LogP contribution in [0, 0.1) is 0 Å². The minimum Gasteiger partial charge on any atom is -0.367 e. The van der Waals surface area contributed by atoms with Gasteiger partial charge in [0.25, 0.3) is 0 Å². The third kappa shape index (κ3) is 2.74. The van der Waals surface area contributed by atoms with E-state index in [2.05, 4.69) is 46.2 Å². The second-order valence-electron chi connectivity index (χ2n) is 5.91. The molecule has 19 heavy (non-hydrogen) atoms. The Morgan fingerprint density at radius 2 is 1.89 bits per heavy atom. The van der Waals surface area contributed by atoms with Crippen LogP contribution in [-0.4, -0.2) is 46.5 Å². The monoisotopic (exact) mass is 265 g/mol. The fourth-order valence-electron chi connectivity index (χ4n) is 3.04. The van der Waals surface area contributed by atoms with E-state index in [-0.39, 0.29) is 6.10 Å². The zero-order chi connectivity index (χ0) is 13.4. The van der Waals surface area contributed by atoms with Gasteiger partial charge in [-0.1, -0.05) is 0 Å². The molecule has 0 bridgehead atoms. The lowest BCUT2D eigenvalue weighted by atomic mass is 10.1. The molecule has 0 saturated carbocycles. The summed E-state index contributed by atoms with van der Waals surface area (Å²) in [6, 6.07) is 0.932. The van der Waals surface area contributed by atoms with E-state index in [1.54, 1.807) is 0 Å². The minimum absolute atomic E-state index is 0.0917. The number of aromatic nitrogens is 3. The van der Waals surface area contributed by atoms with Crippen molar-refractivity contribution in [2.75, 3.05) is 18.0 Å². The molecule has 0 spiro atoms. The fourth-order valence-corrected chi connectivity index (χ4v) is 3.04. The van der Waals surface area contributed by atoms with Gasteiger partial charge in [0, 0.05) is 25.2 Å². The predicted molar refractivity (Wildman–Crippen MR) is 73.2 cm³/mol. The van der Waals surface area contributed by atoms with Crippen molar-refractivity contribution in [1.82, 2.24) is 20.5 Å². The maximum atomic E-state index is 5.83. The van der Waals surface area contributed by atoms with Gasteiger partial charge in [-0.3, -0.25) is 5.10 Å². The van der Waals surface area contributed by atoms with Crippen LogP contribution in [0.15, 0.2) is 0 Å². The Kier molecular flexibility index (Phi) is 3.45. The SMILES string of the molecule is CC1CN(c2n[nH]c(C3CCC(C)O3)n2)CC(C)N1. The Morgan fingerprint density at radius 1 is 1.16 bits per heavy atom. The third-order valence-corrected chi connectivity index (χ3v) is 3.87. The highest BCUT2D eigenvalue weighted by atomic mass is 16.5. The number of rotatable bonds is 2. The molecule has 1 aromatic heterocycles. The summed E-state index contributed by atoms with van der Waals surface area (Å²) in [5.41, 5.74) is 0. The number of H-pyrrole nitrogens is 1. The van der Waals surface area contributed by atoms with Crippen molar-refractivity contribution in [3.63, 3.8) is 0 Å². The Hall–Kier alpha value is -1.14. The number of nitrogens with zero attached hydrogens (tertiary/aromatic N) is 3. The lowest BCUT2D eigenvalue weighted by molar-refractivity contribution is 0.0505. The van der Waals surface area contributed by atoms with Crippen molar-refractivity contribution in [2.45, 2.75) is 57.9 Å². The van der Waals surface area contributed by atoms with Gasteiger partial charge in [-0.05, 0) is 33.6 Å². The molecule has 0 amide bonds. The van der Waals surface area contributed by atoms with Gasteiger partial charge in [0.1, 0.15) is 6.10 Å². The van der Waals surface area contributed by atoms with E-state index in [1.807, 2.05) is 0 Å². The Morgan fingerprint density at radius 3 is 2.53 bits per heavy atom. The molecule has 3 rings (SSSR count). The fraction of sp³-hybridized carbons (Fsp3) is 0.846. The summed E-state index contributed by atoms with van der Waals surface area (Å²) in [7, 11) is 0. The molecule has 2 saturated heterocycles. The summed E-state index contributed by atoms with van der Waals surface area (Å²) >= 11 is 0. The van der Waals surface area contributed by atoms with Crippen LogP contribution in [0.4, 0.5) is 5.95 Å². The van der Waals surface area contributed by atoms with Crippen molar-refractivity contribution < 1.29 is 4.74 Å². The van der Waals surface area contributed by atoms with E-state index in [9.17, 15) is 0 Å². The molecule has 1 aromatic rings. The second kappa shape index (κ2) is 5.09. The Bertz CT molecular complexity index is 424. The quantitative estimate of drug-likeness (QED) is 0.842. The molecule has 2 aliphatic rings. The normalized spacial score (nSPS) is 35.8. The van der Waals surface area contributed by atoms with Crippen molar-refractivity contribution in [3.8, 4) is 0 Å². The number of hydrogen-bond donors (Lipinski definition) is 2. The smallest absolute Gasteiger partial charge is 0.244 e. The van der Waals surface area contributed by atoms with Gasteiger partial charge in [-0.2, -0.15) is 4.98 Å². The Labute approximate surface area is 113 Å². The molecule has 2 aliphatic heterocycles. The summed E-state index contributed by atoms with van der Waals surface area (Å²) in [4.78, 5) is 6.87. The molecule has 4 unspecified atom stereocenters. The molecule has 0 aliphatic carbocycles. The number of hydrogen-bond acceptors (Lipinski definition) is 5. The standard InChI is InChI=1S/C13H23N5O/c1-8-6-18(7-9(2)14-8)13-15-12(16-17-13)11-5-4-10(3)19-11/h8-11,14H,4-7H2,1-3H3,(H,15,16,17). The molecule has 106 valence electrons. The molecule has 2 N–H and O–H groups in total. The second-order valence-corrected chi connectivity index (χ2v) is 5.91. The molecule has 3 heterocycles. The van der Waals surface area contributed by atoms with Crippen LogP contribution in [0.5, 0.6) is 0 Å². The largest absolute Gasteiger partial charge is 0.367 e. The average Bonchev–Trinajstić information content (AvgIpc) is 2.95. The first-order chi connectivity index (χ1) is 9.11. The highest BCUT2D eigenvalue weighted by Crippen LogP contribution is 2.31. The zero-order valence-electron chi connectivity index (χ0n) is 11.9. The summed E-state index contributed by atoms with van der Waals surface area (Å²) < 4.78 is 5.83. The van der Waals surface area contributed by atoms with Crippen LogP contribution >= 0.6 is 0 Å². The average molecular weight is 265 g/mol. The number of piperazine rings is 1. The molecule has 2 fully saturated rings. The van der Waals surface area contributed by atoms with Crippen LogP contribution < -0.4 is 10.2 Å². The molecule has 0 radical (unpaired) electrons. The van der Waals surface area contributed by atoms with Crippen LogP contribution in [-0.2, 0) is 4.74 Å². The lowest BCUT2D eigenvalue weighted by Gasteiger charge is -2.35. The van der Waals surface area contributed by atoms with E-state index in [4.69, 9.17) is 4.74 Å². The first kappa shape index (κ1) is 12.9. The van der Waals surface area contributed by atoms with E-state index in [0.29, 0.717) is 18.2 Å². The van der Waals surface area contributed by atoms with Crippen molar-refractivity contribution in [3.05, 3.63) is 5.82 Å². The predicted octanol–water partition coefficient (Wildman–Crippen LogP) is 1.23. The van der Waals surface area contributed by atoms with Gasteiger partial charge in [0.2, 0.25) is 5.95 Å². The third-order valence-electron chi connectivity index (χ3n) is 3.87. The molecule has 6 heteroatoms. The van der Waals surface area contributed by atoms with Crippen LogP contribution in [0.25, 0.3) is 0 Å². The van der Waals surface area contributed by atoms with Gasteiger partial charge in [-0.15, -0.1) is 5.10 Å². The minimum atomic E-state index is 0.0917. The molecule has 6 nitrogen and oxygen atoms in total. The van der Waals surface area contributed by atoms with E-state index in [0.717, 1.165) is 37.7 Å². The van der Waals surface area contributed by atoms with Crippen LogP contribution in [0.1, 0.15) is 45.5 Å². The van der Waals surface area contributed by atoms with E-state index >= 15 is 0 Å². The summed E-state index contributed by atoms with van der Waals surface area (Å²) in [5.74, 6) is 1.68. The van der Waals surface area contributed by atoms with E-state index < -0.39 is 0 Å². The van der Waals surface area contributed by atoms with Gasteiger partial charge < -0.3 is 15.0 Å². The molecule has 4 atom stereocenters. The summed E-state index contributed by atoms with van der Waals surface area (Å²) in [5, 5.41) is 10.9. The Balaban J connectivity index is 1.70. The van der Waals surface area contributed by atoms with Crippen LogP contribution in [0.3, 0.4) is 0 Å². The van der Waals surface area contributed by atoms with E-state index in [1.165, 1.54) is 0 Å². The number of ether oxygens (including phenoxy) is 1. The first-order valence-corrected chi connectivity index (χ1v) is 7.20. The van der Waals surface area contributed by atoms with Crippen molar-refractivity contribution in [1.29, 1.82) is 0 Å². The number of anilines is 1. The summed E-state index contributed by atoms with van der Waals surface area (Å²) in [6.45, 7) is 8.39. The maximum Gasteiger partial charge on any atom is 0.244 e. The highest BCUT2D eigenvalue weighted by molar-refractivity contribution is 5.31. The molecular weight excluding hydrogens is 242 g/mol. The zero-order valence-corrected chi connectivity index (χ0v) is 11.9. The number of aromatic amines is 1. The maximum absolute atomic E-state index is 5.83. The van der Waals surface area contributed by atoms with Gasteiger partial charge in [-0.25, -0.2) is 0 Å². The number of nitrogens with one attached hydrogen (secondary N) is 2. The summed E-state index contributed by atoms with van der Waals surface area (Å²) in [6.07, 6.45) is 2.55. The first-order valence-electron chi connectivity index (χ1n) is 7.20. The molecule has 0 aromatic carbocycles. The van der Waals surface area contributed by atoms with Gasteiger partial charge in [0.05, 0.1) is 6.10 Å². The van der Waals surface area contributed by atoms with Gasteiger partial charge in [0.15, 0.2) is 5.82 Å². The van der Waals surface area contributed by atoms with Gasteiger partial charge >= 0.3 is 0 Å². The van der Waals surface area contributed by atoms with Crippen LogP contribution in [0.2, 0.25) is 0 Å². The van der Waals surface area contributed by atoms with Crippen molar-refractivity contribution in [2.24, 2.45) is 0 Å². The topological polar surface area (TPSA) is 66.1 Å². The lowest BCUT2D eigenvalue weighted by Crippen LogP contribution is -2.54. The van der Waals surface area contributed by atoms with Crippen molar-refractivity contribution >= 4 is 5.95 Å². The highest BCUT2D eigenvalue weighted by Gasteiger charge is 2.28.